The molecule has 3 fully saturated rings. The van der Waals surface area contributed by atoms with E-state index in [2.05, 4.69) is 20.1 Å². The Labute approximate surface area is 167 Å². The van der Waals surface area contributed by atoms with E-state index in [-0.39, 0.29) is 23.8 Å². The lowest BCUT2D eigenvalue weighted by atomic mass is 9.92. The minimum Gasteiger partial charge on any atom is -0.371 e. The Morgan fingerprint density at radius 2 is 1.93 bits per heavy atom. The maximum atomic E-state index is 12.9. The maximum absolute atomic E-state index is 12.9. The van der Waals surface area contributed by atoms with Crippen LogP contribution in [0, 0.1) is 5.92 Å². The number of carbonyl (C=O) groups excluding carboxylic acids is 2. The summed E-state index contributed by atoms with van der Waals surface area (Å²) in [5.41, 5.74) is 1.13. The smallest absolute Gasteiger partial charge is 0.234 e. The van der Waals surface area contributed by atoms with Crippen molar-refractivity contribution < 1.29 is 9.59 Å². The molecule has 1 aliphatic carbocycles. The quantitative estimate of drug-likeness (QED) is 0.795. The third-order valence-corrected chi connectivity index (χ3v) is 6.52. The molecule has 28 heavy (non-hydrogen) atoms. The molecule has 1 N–H and O–H groups in total. The van der Waals surface area contributed by atoms with Crippen molar-refractivity contribution in [1.82, 2.24) is 20.1 Å². The average Bonchev–Trinajstić information content (AvgIpc) is 3.30. The number of aromatic nitrogens is 1. The van der Waals surface area contributed by atoms with Crippen molar-refractivity contribution in [1.29, 1.82) is 0 Å². The van der Waals surface area contributed by atoms with Crippen LogP contribution in [0.3, 0.4) is 0 Å². The van der Waals surface area contributed by atoms with Gasteiger partial charge in [0.1, 0.15) is 0 Å². The topological polar surface area (TPSA) is 68.8 Å². The van der Waals surface area contributed by atoms with Gasteiger partial charge in [0, 0.05) is 56.3 Å². The monoisotopic (exact) mass is 385 g/mol. The van der Waals surface area contributed by atoms with Gasteiger partial charge < -0.3 is 15.1 Å². The summed E-state index contributed by atoms with van der Waals surface area (Å²) in [6.45, 7) is 3.51. The third-order valence-electron chi connectivity index (χ3n) is 6.52. The fraction of sp³-hybridized carbons (Fsp3) is 0.667. The average molecular weight is 386 g/mol. The number of rotatable bonds is 6. The van der Waals surface area contributed by atoms with Gasteiger partial charge in [0.15, 0.2) is 0 Å². The minimum absolute atomic E-state index is 0.0485. The summed E-state index contributed by atoms with van der Waals surface area (Å²) < 4.78 is 0. The van der Waals surface area contributed by atoms with Crippen molar-refractivity contribution in [3.05, 3.63) is 24.5 Å². The van der Waals surface area contributed by atoms with Crippen LogP contribution in [0.5, 0.6) is 0 Å². The molecule has 2 aliphatic heterocycles. The number of carbonyl (C=O) groups is 2. The Morgan fingerprint density at radius 3 is 2.64 bits per heavy atom. The zero-order valence-electron chi connectivity index (χ0n) is 16.7. The normalized spacial score (nSPS) is 25.2. The molecular formula is C21H31N5O2. The van der Waals surface area contributed by atoms with Crippen LogP contribution in [0.15, 0.2) is 24.5 Å². The van der Waals surface area contributed by atoms with Crippen LogP contribution >= 0.6 is 0 Å². The van der Waals surface area contributed by atoms with E-state index in [0.717, 1.165) is 38.2 Å². The second-order valence-corrected chi connectivity index (χ2v) is 8.47. The fourth-order valence-electron chi connectivity index (χ4n) is 4.54. The van der Waals surface area contributed by atoms with Crippen molar-refractivity contribution in [3.8, 4) is 0 Å². The Morgan fingerprint density at radius 1 is 1.14 bits per heavy atom. The van der Waals surface area contributed by atoms with E-state index >= 15 is 0 Å². The van der Waals surface area contributed by atoms with Gasteiger partial charge in [-0.05, 0) is 44.9 Å². The van der Waals surface area contributed by atoms with Gasteiger partial charge >= 0.3 is 0 Å². The molecule has 0 radical (unpaired) electrons. The summed E-state index contributed by atoms with van der Waals surface area (Å²) in [6, 6.07) is 4.64. The molecule has 3 aliphatic rings. The predicted molar refractivity (Wildman–Crippen MR) is 108 cm³/mol. The van der Waals surface area contributed by atoms with Crippen molar-refractivity contribution in [2.24, 2.45) is 5.92 Å². The van der Waals surface area contributed by atoms with Gasteiger partial charge in [0.05, 0.1) is 12.5 Å². The Balaban J connectivity index is 1.22. The summed E-state index contributed by atoms with van der Waals surface area (Å²) in [6.07, 6.45) is 9.00. The molecule has 2 saturated heterocycles. The van der Waals surface area contributed by atoms with Gasteiger partial charge in [0.2, 0.25) is 11.8 Å². The second-order valence-electron chi connectivity index (χ2n) is 8.47. The highest BCUT2D eigenvalue weighted by Gasteiger charge is 2.35. The van der Waals surface area contributed by atoms with E-state index in [1.165, 1.54) is 19.3 Å². The van der Waals surface area contributed by atoms with Gasteiger partial charge in [-0.25, -0.2) is 0 Å². The number of amides is 2. The van der Waals surface area contributed by atoms with Gasteiger partial charge in [-0.3, -0.25) is 19.5 Å². The van der Waals surface area contributed by atoms with Crippen molar-refractivity contribution >= 4 is 17.5 Å². The number of likely N-dealkylation sites (N-methyl/N-ethyl adjacent to an activating group) is 1. The molecule has 2 unspecified atom stereocenters. The Hall–Kier alpha value is -2.15. The summed E-state index contributed by atoms with van der Waals surface area (Å²) in [7, 11) is 2.03. The maximum Gasteiger partial charge on any atom is 0.234 e. The predicted octanol–water partition coefficient (Wildman–Crippen LogP) is 1.11. The van der Waals surface area contributed by atoms with Gasteiger partial charge in [0.25, 0.3) is 0 Å². The molecule has 0 aromatic carbocycles. The fourth-order valence-corrected chi connectivity index (χ4v) is 4.54. The number of hydrogen-bond donors (Lipinski definition) is 1. The molecule has 2 amide bonds. The number of pyridine rings is 1. The zero-order chi connectivity index (χ0) is 19.5. The molecule has 1 aromatic heterocycles. The summed E-state index contributed by atoms with van der Waals surface area (Å²) in [5.74, 6) is 0.366. The molecular weight excluding hydrogens is 354 g/mol. The lowest BCUT2D eigenvalue weighted by molar-refractivity contribution is -0.134. The highest BCUT2D eigenvalue weighted by molar-refractivity contribution is 5.81. The van der Waals surface area contributed by atoms with E-state index in [1.807, 2.05) is 24.1 Å². The molecule has 2 atom stereocenters. The summed E-state index contributed by atoms with van der Waals surface area (Å²) in [5, 5.41) is 3.13. The van der Waals surface area contributed by atoms with E-state index < -0.39 is 0 Å². The molecule has 4 rings (SSSR count). The van der Waals surface area contributed by atoms with Crippen LogP contribution in [-0.2, 0) is 9.59 Å². The van der Waals surface area contributed by atoms with Crippen LogP contribution in [-0.4, -0.2) is 78.5 Å². The van der Waals surface area contributed by atoms with Gasteiger partial charge in [-0.2, -0.15) is 0 Å². The SMILES string of the molecule is CN(CC(=O)NC1CCN(C(=O)C2CCN(c3ccncc3)C2)C1)C1CCC1. The zero-order valence-corrected chi connectivity index (χ0v) is 16.7. The summed E-state index contributed by atoms with van der Waals surface area (Å²) >= 11 is 0. The number of anilines is 1. The number of nitrogens with one attached hydrogen (secondary N) is 1. The first-order chi connectivity index (χ1) is 13.6. The minimum atomic E-state index is 0.0485. The molecule has 0 spiro atoms. The van der Waals surface area contributed by atoms with Crippen molar-refractivity contribution in [2.75, 3.05) is 44.7 Å². The molecule has 7 heteroatoms. The van der Waals surface area contributed by atoms with Crippen LogP contribution in [0.4, 0.5) is 5.69 Å². The molecule has 1 aromatic rings. The van der Waals surface area contributed by atoms with E-state index in [4.69, 9.17) is 0 Å². The third kappa shape index (κ3) is 4.29. The van der Waals surface area contributed by atoms with E-state index in [9.17, 15) is 9.59 Å². The second kappa shape index (κ2) is 8.47. The first-order valence-corrected chi connectivity index (χ1v) is 10.5. The lowest BCUT2D eigenvalue weighted by Crippen LogP contribution is -2.47. The van der Waals surface area contributed by atoms with Gasteiger partial charge in [-0.15, -0.1) is 0 Å². The number of nitrogens with zero attached hydrogens (tertiary/aromatic N) is 4. The van der Waals surface area contributed by atoms with Crippen molar-refractivity contribution in [2.45, 2.75) is 44.2 Å². The van der Waals surface area contributed by atoms with Crippen LogP contribution in [0.1, 0.15) is 32.1 Å². The molecule has 1 saturated carbocycles. The number of hydrogen-bond acceptors (Lipinski definition) is 5. The standard InChI is InChI=1S/C21H31N5O2/c1-24(18-3-2-4-18)15-20(27)23-17-8-12-26(14-17)21(28)16-7-11-25(13-16)19-5-9-22-10-6-19/h5-6,9-10,16-18H,2-4,7-8,11-15H2,1H3,(H,23,27). The highest BCUT2D eigenvalue weighted by atomic mass is 16.2. The van der Waals surface area contributed by atoms with Crippen LogP contribution in [0.25, 0.3) is 0 Å². The highest BCUT2D eigenvalue weighted by Crippen LogP contribution is 2.26. The van der Waals surface area contributed by atoms with Crippen LogP contribution < -0.4 is 10.2 Å². The van der Waals surface area contributed by atoms with E-state index in [1.54, 1.807) is 12.4 Å². The first kappa shape index (κ1) is 19.2. The lowest BCUT2D eigenvalue weighted by Gasteiger charge is -2.34. The summed E-state index contributed by atoms with van der Waals surface area (Å²) in [4.78, 5) is 35.7. The molecule has 0 bridgehead atoms. The van der Waals surface area contributed by atoms with Crippen LogP contribution in [0.2, 0.25) is 0 Å². The molecule has 3 heterocycles. The first-order valence-electron chi connectivity index (χ1n) is 10.5. The largest absolute Gasteiger partial charge is 0.371 e. The van der Waals surface area contributed by atoms with E-state index in [0.29, 0.717) is 19.1 Å². The van der Waals surface area contributed by atoms with Gasteiger partial charge in [-0.1, -0.05) is 6.42 Å². The Bertz CT molecular complexity index is 693. The number of likely N-dealkylation sites (tertiary alicyclic amines) is 1. The van der Waals surface area contributed by atoms with Crippen molar-refractivity contribution in [3.63, 3.8) is 0 Å². The molecule has 152 valence electrons. The molecule has 7 nitrogen and oxygen atoms in total. The Kier molecular flexibility index (Phi) is 5.80.